The van der Waals surface area contributed by atoms with Crippen molar-refractivity contribution in [2.24, 2.45) is 23.2 Å². The molecule has 4 aliphatic rings. The predicted octanol–water partition coefficient (Wildman–Crippen LogP) is 4.27. The van der Waals surface area contributed by atoms with Crippen molar-refractivity contribution in [2.45, 2.75) is 70.8 Å². The number of phenols is 1. The maximum absolute atomic E-state index is 13.5. The van der Waals surface area contributed by atoms with Gasteiger partial charge in [-0.25, -0.2) is 0 Å². The highest BCUT2D eigenvalue weighted by Gasteiger charge is 2.58. The molecule has 1 saturated heterocycles. The van der Waals surface area contributed by atoms with Gasteiger partial charge in [0.15, 0.2) is 0 Å². The van der Waals surface area contributed by atoms with Gasteiger partial charge >= 0.3 is 0 Å². The molecule has 5 atom stereocenters. The summed E-state index contributed by atoms with van der Waals surface area (Å²) in [5, 5.41) is 10.5. The lowest BCUT2D eigenvalue weighted by Crippen LogP contribution is -2.65. The molecule has 0 spiro atoms. The zero-order valence-electron chi connectivity index (χ0n) is 16.3. The number of carbonyl (C=O) groups excluding carboxylic acids is 1. The number of phenolic OH excluding ortho intramolecular Hbond substituents is 1. The van der Waals surface area contributed by atoms with Crippen molar-refractivity contribution in [2.75, 3.05) is 6.54 Å². The normalized spacial score (nSPS) is 39.7. The lowest BCUT2D eigenvalue weighted by Gasteiger charge is -2.61. The highest BCUT2D eigenvalue weighted by molar-refractivity contribution is 5.80. The average molecular weight is 354 g/mol. The molecular formula is C23H31NO2. The van der Waals surface area contributed by atoms with Crippen LogP contribution < -0.4 is 0 Å². The second-order valence-electron chi connectivity index (χ2n) is 10.1. The molecule has 1 aromatic rings. The fourth-order valence-corrected chi connectivity index (χ4v) is 6.95. The summed E-state index contributed by atoms with van der Waals surface area (Å²) in [6.45, 7) is 7.89. The number of benzene rings is 1. The zero-order valence-corrected chi connectivity index (χ0v) is 16.3. The molecule has 1 N–H and O–H groups in total. The van der Waals surface area contributed by atoms with Crippen LogP contribution in [-0.2, 0) is 16.6 Å². The minimum atomic E-state index is 0.00938. The number of aromatic hydroxyl groups is 1. The monoisotopic (exact) mass is 353 g/mol. The quantitative estimate of drug-likeness (QED) is 0.819. The van der Waals surface area contributed by atoms with Gasteiger partial charge in [0.25, 0.3) is 0 Å². The van der Waals surface area contributed by atoms with E-state index in [0.29, 0.717) is 17.6 Å². The number of likely N-dealkylation sites (tertiary alicyclic amines) is 1. The fraction of sp³-hybridized carbons (Fsp3) is 0.696. The highest BCUT2D eigenvalue weighted by atomic mass is 16.3. The molecule has 1 amide bonds. The van der Waals surface area contributed by atoms with Gasteiger partial charge in [-0.1, -0.05) is 39.3 Å². The molecule has 1 aromatic carbocycles. The highest BCUT2D eigenvalue weighted by Crippen LogP contribution is 2.58. The van der Waals surface area contributed by atoms with E-state index in [4.69, 9.17) is 0 Å². The summed E-state index contributed by atoms with van der Waals surface area (Å²) >= 11 is 0. The molecule has 3 heteroatoms. The van der Waals surface area contributed by atoms with E-state index in [9.17, 15) is 9.90 Å². The van der Waals surface area contributed by atoms with Gasteiger partial charge < -0.3 is 10.0 Å². The molecule has 4 bridgehead atoms. The summed E-state index contributed by atoms with van der Waals surface area (Å²) in [6.07, 6.45) is 6.76. The topological polar surface area (TPSA) is 40.5 Å². The maximum Gasteiger partial charge on any atom is 0.226 e. The molecule has 3 unspecified atom stereocenters. The number of fused-ring (bicyclic) bond motifs is 6. The lowest BCUT2D eigenvalue weighted by molar-refractivity contribution is -0.149. The van der Waals surface area contributed by atoms with Gasteiger partial charge in [0.1, 0.15) is 5.75 Å². The smallest absolute Gasteiger partial charge is 0.226 e. The van der Waals surface area contributed by atoms with Gasteiger partial charge in [0, 0.05) is 23.9 Å². The number of hydrogen-bond acceptors (Lipinski definition) is 2. The number of carbonyl (C=O) groups is 1. The molecule has 3 nitrogen and oxygen atoms in total. The summed E-state index contributed by atoms with van der Waals surface area (Å²) < 4.78 is 0. The summed E-state index contributed by atoms with van der Waals surface area (Å²) in [4.78, 5) is 15.8. The van der Waals surface area contributed by atoms with Crippen LogP contribution in [0.4, 0.5) is 0 Å². The molecule has 140 valence electrons. The summed E-state index contributed by atoms with van der Waals surface area (Å²) in [6, 6.07) is 6.16. The SMILES string of the molecule is CC1(C)[C@H]2Cc3c(O)cccc3[C@]1(C)CCN2C(=O)C1CC2CCC1C2. The van der Waals surface area contributed by atoms with Crippen LogP contribution >= 0.6 is 0 Å². The van der Waals surface area contributed by atoms with Crippen LogP contribution in [0.3, 0.4) is 0 Å². The first kappa shape index (κ1) is 16.6. The van der Waals surface area contributed by atoms with Gasteiger partial charge in [0.05, 0.1) is 0 Å². The Bertz CT molecular complexity index is 769. The molecule has 1 aliphatic heterocycles. The fourth-order valence-electron chi connectivity index (χ4n) is 6.95. The van der Waals surface area contributed by atoms with E-state index >= 15 is 0 Å². The third kappa shape index (κ3) is 1.98. The van der Waals surface area contributed by atoms with Crippen molar-refractivity contribution >= 4 is 5.91 Å². The van der Waals surface area contributed by atoms with Gasteiger partial charge in [-0.2, -0.15) is 0 Å². The van der Waals surface area contributed by atoms with E-state index in [0.717, 1.165) is 37.3 Å². The Hall–Kier alpha value is -1.51. The van der Waals surface area contributed by atoms with Crippen LogP contribution in [0, 0.1) is 23.2 Å². The average Bonchev–Trinajstić information content (AvgIpc) is 3.21. The Balaban J connectivity index is 1.53. The van der Waals surface area contributed by atoms with Crippen LogP contribution in [0.1, 0.15) is 64.0 Å². The van der Waals surface area contributed by atoms with E-state index in [1.807, 2.05) is 6.07 Å². The Labute approximate surface area is 156 Å². The molecule has 1 heterocycles. The molecule has 5 rings (SSSR count). The van der Waals surface area contributed by atoms with Gasteiger partial charge in [-0.05, 0) is 66.5 Å². The summed E-state index contributed by atoms with van der Waals surface area (Å²) in [5.74, 6) is 2.51. The standard InChI is InChI=1S/C23H31NO2/c1-22(2)20-13-17-18(5-4-6-19(17)25)23(22,3)9-10-24(20)21(26)16-12-14-7-8-15(16)11-14/h4-6,14-16,20,25H,7-13H2,1-3H3/t14?,15?,16?,20-,23+/m1/s1. The van der Waals surface area contributed by atoms with Crippen molar-refractivity contribution in [3.8, 4) is 5.75 Å². The summed E-state index contributed by atoms with van der Waals surface area (Å²) in [5.41, 5.74) is 2.39. The number of rotatable bonds is 1. The molecule has 2 saturated carbocycles. The van der Waals surface area contributed by atoms with Crippen LogP contribution in [0.2, 0.25) is 0 Å². The molecule has 3 aliphatic carbocycles. The first-order valence-electron chi connectivity index (χ1n) is 10.4. The lowest BCUT2D eigenvalue weighted by atomic mass is 9.51. The van der Waals surface area contributed by atoms with E-state index in [2.05, 4.69) is 31.7 Å². The molecule has 3 fully saturated rings. The number of piperidine rings is 1. The predicted molar refractivity (Wildman–Crippen MR) is 102 cm³/mol. The third-order valence-corrected chi connectivity index (χ3v) is 8.97. The van der Waals surface area contributed by atoms with E-state index < -0.39 is 0 Å². The minimum absolute atomic E-state index is 0.00938. The first-order valence-corrected chi connectivity index (χ1v) is 10.4. The number of hydrogen-bond donors (Lipinski definition) is 1. The first-order chi connectivity index (χ1) is 12.3. The largest absolute Gasteiger partial charge is 0.508 e. The maximum atomic E-state index is 13.5. The second kappa shape index (κ2) is 5.27. The Kier molecular flexibility index (Phi) is 3.37. The molecule has 26 heavy (non-hydrogen) atoms. The number of amides is 1. The van der Waals surface area contributed by atoms with Gasteiger partial charge in [-0.3, -0.25) is 4.79 Å². The van der Waals surface area contributed by atoms with Gasteiger partial charge in [-0.15, -0.1) is 0 Å². The van der Waals surface area contributed by atoms with Crippen molar-refractivity contribution in [3.63, 3.8) is 0 Å². The van der Waals surface area contributed by atoms with E-state index in [1.54, 1.807) is 6.07 Å². The van der Waals surface area contributed by atoms with Crippen molar-refractivity contribution in [1.82, 2.24) is 4.90 Å². The van der Waals surface area contributed by atoms with Crippen LogP contribution in [-0.4, -0.2) is 28.5 Å². The van der Waals surface area contributed by atoms with Crippen molar-refractivity contribution in [1.29, 1.82) is 0 Å². The molecule has 0 radical (unpaired) electrons. The van der Waals surface area contributed by atoms with Crippen molar-refractivity contribution in [3.05, 3.63) is 29.3 Å². The number of nitrogens with zero attached hydrogens (tertiary/aromatic N) is 1. The van der Waals surface area contributed by atoms with E-state index in [-0.39, 0.29) is 22.8 Å². The Morgan fingerprint density at radius 1 is 1.19 bits per heavy atom. The Morgan fingerprint density at radius 2 is 2.00 bits per heavy atom. The zero-order chi connectivity index (χ0) is 18.3. The van der Waals surface area contributed by atoms with Gasteiger partial charge in [0.2, 0.25) is 5.91 Å². The summed E-state index contributed by atoms with van der Waals surface area (Å²) in [7, 11) is 0. The molecular weight excluding hydrogens is 322 g/mol. The van der Waals surface area contributed by atoms with E-state index in [1.165, 1.54) is 24.8 Å². The van der Waals surface area contributed by atoms with Crippen LogP contribution in [0.25, 0.3) is 0 Å². The van der Waals surface area contributed by atoms with Crippen LogP contribution in [0.5, 0.6) is 5.75 Å². The molecule has 0 aromatic heterocycles. The minimum Gasteiger partial charge on any atom is -0.508 e. The third-order valence-electron chi connectivity index (χ3n) is 8.97. The van der Waals surface area contributed by atoms with Crippen molar-refractivity contribution < 1.29 is 9.90 Å². The Morgan fingerprint density at radius 3 is 2.69 bits per heavy atom. The van der Waals surface area contributed by atoms with Crippen LogP contribution in [0.15, 0.2) is 18.2 Å². The second-order valence-corrected chi connectivity index (χ2v) is 10.1.